The molecule has 9 nitrogen and oxygen atoms in total. The first kappa shape index (κ1) is 24.3. The molecular formula is C25H28FN5O4. The first-order valence-electron chi connectivity index (χ1n) is 11.5. The standard InChI is InChI=1S/C25H28FN5O4/c1-29(2)11-5-8-22(32)30-12-14-31(15-13-30)25(34)20-16-17(9-10-21(20)26)35-24-19-7-4-3-6-18(19)23(33)27-28-24/h3-4,6-7,9-10,16H,5,8,11-15H2,1-2H3,(H,27,33). The Hall–Kier alpha value is -3.79. The molecule has 1 aliphatic heterocycles. The lowest BCUT2D eigenvalue weighted by Crippen LogP contribution is -2.50. The number of hydrogen-bond acceptors (Lipinski definition) is 6. The summed E-state index contributed by atoms with van der Waals surface area (Å²) in [6, 6.07) is 10.7. The molecule has 35 heavy (non-hydrogen) atoms. The highest BCUT2D eigenvalue weighted by atomic mass is 19.1. The fourth-order valence-electron chi connectivity index (χ4n) is 4.04. The van der Waals surface area contributed by atoms with Gasteiger partial charge < -0.3 is 19.4 Å². The molecule has 2 amide bonds. The number of rotatable bonds is 7. The molecule has 0 bridgehead atoms. The zero-order chi connectivity index (χ0) is 24.9. The number of H-pyrrole nitrogens is 1. The number of aromatic amines is 1. The second kappa shape index (κ2) is 10.6. The van der Waals surface area contributed by atoms with Crippen molar-refractivity contribution in [3.05, 3.63) is 64.2 Å². The molecule has 0 saturated carbocycles. The Labute approximate surface area is 202 Å². The van der Waals surface area contributed by atoms with Crippen LogP contribution in [0.1, 0.15) is 23.2 Å². The number of aromatic nitrogens is 2. The molecule has 0 unspecified atom stereocenters. The number of fused-ring (bicyclic) bond motifs is 1. The van der Waals surface area contributed by atoms with Gasteiger partial charge in [0.25, 0.3) is 11.5 Å². The quantitative estimate of drug-likeness (QED) is 0.557. The molecule has 1 saturated heterocycles. The van der Waals surface area contributed by atoms with Gasteiger partial charge in [0.05, 0.1) is 16.3 Å². The van der Waals surface area contributed by atoms with Crippen molar-refractivity contribution in [2.24, 2.45) is 0 Å². The van der Waals surface area contributed by atoms with Gasteiger partial charge in [0, 0.05) is 32.6 Å². The number of amides is 2. The largest absolute Gasteiger partial charge is 0.437 e. The average molecular weight is 482 g/mol. The van der Waals surface area contributed by atoms with Crippen molar-refractivity contribution >= 4 is 22.6 Å². The zero-order valence-electron chi connectivity index (χ0n) is 19.8. The van der Waals surface area contributed by atoms with Crippen molar-refractivity contribution in [1.29, 1.82) is 0 Å². The number of nitrogens with one attached hydrogen (secondary N) is 1. The van der Waals surface area contributed by atoms with Gasteiger partial charge >= 0.3 is 0 Å². The number of ether oxygens (including phenoxy) is 1. The second-order valence-corrected chi connectivity index (χ2v) is 8.73. The van der Waals surface area contributed by atoms with Crippen LogP contribution >= 0.6 is 0 Å². The van der Waals surface area contributed by atoms with Gasteiger partial charge in [0.15, 0.2) is 0 Å². The summed E-state index contributed by atoms with van der Waals surface area (Å²) in [6.07, 6.45) is 1.25. The lowest BCUT2D eigenvalue weighted by Gasteiger charge is -2.35. The lowest BCUT2D eigenvalue weighted by atomic mass is 10.1. The number of hydrogen-bond donors (Lipinski definition) is 1. The summed E-state index contributed by atoms with van der Waals surface area (Å²) >= 11 is 0. The molecule has 2 aromatic carbocycles. The number of halogens is 1. The summed E-state index contributed by atoms with van der Waals surface area (Å²) in [5.41, 5.74) is -0.472. The lowest BCUT2D eigenvalue weighted by molar-refractivity contribution is -0.132. The van der Waals surface area contributed by atoms with E-state index in [9.17, 15) is 18.8 Å². The summed E-state index contributed by atoms with van der Waals surface area (Å²) in [5, 5.41) is 7.24. The molecule has 1 N–H and O–H groups in total. The van der Waals surface area contributed by atoms with Crippen molar-refractivity contribution < 1.29 is 18.7 Å². The molecule has 1 aromatic heterocycles. The third kappa shape index (κ3) is 5.65. The van der Waals surface area contributed by atoms with Crippen LogP contribution in [0.3, 0.4) is 0 Å². The monoisotopic (exact) mass is 481 g/mol. The minimum atomic E-state index is -0.663. The van der Waals surface area contributed by atoms with Gasteiger partial charge in [0.1, 0.15) is 11.6 Å². The van der Waals surface area contributed by atoms with Crippen LogP contribution in [0.2, 0.25) is 0 Å². The number of carbonyl (C=O) groups excluding carboxylic acids is 2. The smallest absolute Gasteiger partial charge is 0.272 e. The molecule has 0 atom stereocenters. The summed E-state index contributed by atoms with van der Waals surface area (Å²) in [4.78, 5) is 42.8. The Bertz CT molecular complexity index is 1280. The van der Waals surface area contributed by atoms with E-state index in [1.807, 2.05) is 19.0 Å². The molecule has 1 fully saturated rings. The first-order chi connectivity index (χ1) is 16.8. The predicted molar refractivity (Wildman–Crippen MR) is 129 cm³/mol. The van der Waals surface area contributed by atoms with Crippen LogP contribution in [0.25, 0.3) is 10.8 Å². The normalized spacial score (nSPS) is 13.9. The van der Waals surface area contributed by atoms with Crippen molar-refractivity contribution in [1.82, 2.24) is 24.9 Å². The van der Waals surface area contributed by atoms with Crippen molar-refractivity contribution in [3.63, 3.8) is 0 Å². The van der Waals surface area contributed by atoms with Crippen LogP contribution in [0.15, 0.2) is 47.3 Å². The molecule has 0 radical (unpaired) electrons. The zero-order valence-corrected chi connectivity index (χ0v) is 19.8. The molecule has 0 aliphatic carbocycles. The second-order valence-electron chi connectivity index (χ2n) is 8.73. The minimum absolute atomic E-state index is 0.0705. The van der Waals surface area contributed by atoms with Gasteiger partial charge in [-0.15, -0.1) is 5.10 Å². The number of benzene rings is 2. The van der Waals surface area contributed by atoms with E-state index in [1.165, 1.54) is 18.2 Å². The molecule has 2 heterocycles. The van der Waals surface area contributed by atoms with E-state index in [0.717, 1.165) is 13.0 Å². The van der Waals surface area contributed by atoms with E-state index < -0.39 is 11.7 Å². The maximum atomic E-state index is 14.6. The molecule has 1 aliphatic rings. The van der Waals surface area contributed by atoms with Crippen molar-refractivity contribution in [2.45, 2.75) is 12.8 Å². The first-order valence-corrected chi connectivity index (χ1v) is 11.5. The van der Waals surface area contributed by atoms with Gasteiger partial charge in [-0.3, -0.25) is 14.4 Å². The fraction of sp³-hybridized carbons (Fsp3) is 0.360. The Morgan fingerprint density at radius 2 is 1.74 bits per heavy atom. The van der Waals surface area contributed by atoms with Crippen LogP contribution < -0.4 is 10.3 Å². The number of piperazine rings is 1. The summed E-state index contributed by atoms with van der Waals surface area (Å²) in [6.45, 7) is 2.32. The molecule has 4 rings (SSSR count). The van der Waals surface area contributed by atoms with Gasteiger partial charge in [-0.2, -0.15) is 0 Å². The van der Waals surface area contributed by atoms with Crippen LogP contribution in [0.5, 0.6) is 11.6 Å². The highest BCUT2D eigenvalue weighted by Gasteiger charge is 2.26. The van der Waals surface area contributed by atoms with Crippen LogP contribution in [-0.4, -0.2) is 83.5 Å². The maximum absolute atomic E-state index is 14.6. The topological polar surface area (TPSA) is 98.8 Å². The van der Waals surface area contributed by atoms with Gasteiger partial charge in [-0.1, -0.05) is 12.1 Å². The Balaban J connectivity index is 1.43. The summed E-state index contributed by atoms with van der Waals surface area (Å²) in [5.74, 6) is -0.697. The SMILES string of the molecule is CN(C)CCCC(=O)N1CCN(C(=O)c2cc(Oc3n[nH]c(=O)c4ccccc34)ccc2F)CC1. The molecule has 10 heteroatoms. The predicted octanol–water partition coefficient (Wildman–Crippen LogP) is 2.48. The highest BCUT2D eigenvalue weighted by molar-refractivity contribution is 5.95. The van der Waals surface area contributed by atoms with Crippen LogP contribution in [-0.2, 0) is 4.79 Å². The van der Waals surface area contributed by atoms with E-state index in [0.29, 0.717) is 43.4 Å². The average Bonchev–Trinajstić information content (AvgIpc) is 2.86. The van der Waals surface area contributed by atoms with Gasteiger partial charge in [-0.05, 0) is 57.4 Å². The van der Waals surface area contributed by atoms with Crippen LogP contribution in [0.4, 0.5) is 4.39 Å². The Kier molecular flexibility index (Phi) is 7.40. The summed E-state index contributed by atoms with van der Waals surface area (Å²) in [7, 11) is 3.93. The molecule has 0 spiro atoms. The minimum Gasteiger partial charge on any atom is -0.437 e. The number of nitrogens with zero attached hydrogens (tertiary/aromatic N) is 4. The van der Waals surface area contributed by atoms with E-state index in [2.05, 4.69) is 10.2 Å². The highest BCUT2D eigenvalue weighted by Crippen LogP contribution is 2.27. The van der Waals surface area contributed by atoms with Gasteiger partial charge in [0.2, 0.25) is 11.8 Å². The molecule has 184 valence electrons. The van der Waals surface area contributed by atoms with E-state index in [1.54, 1.807) is 34.1 Å². The third-order valence-electron chi connectivity index (χ3n) is 5.96. The Morgan fingerprint density at radius 1 is 1.06 bits per heavy atom. The van der Waals surface area contributed by atoms with Crippen molar-refractivity contribution in [3.8, 4) is 11.6 Å². The molecular weight excluding hydrogens is 453 g/mol. The maximum Gasteiger partial charge on any atom is 0.272 e. The van der Waals surface area contributed by atoms with E-state index in [4.69, 9.17) is 4.74 Å². The van der Waals surface area contributed by atoms with E-state index >= 15 is 0 Å². The van der Waals surface area contributed by atoms with Gasteiger partial charge in [-0.25, -0.2) is 9.49 Å². The van der Waals surface area contributed by atoms with Crippen LogP contribution in [0, 0.1) is 5.82 Å². The van der Waals surface area contributed by atoms with E-state index in [-0.39, 0.29) is 28.7 Å². The Morgan fingerprint density at radius 3 is 2.46 bits per heavy atom. The third-order valence-corrected chi connectivity index (χ3v) is 5.96. The summed E-state index contributed by atoms with van der Waals surface area (Å²) < 4.78 is 20.4. The molecule has 3 aromatic rings. The number of carbonyl (C=O) groups is 2. The fourth-order valence-corrected chi connectivity index (χ4v) is 4.04. The van der Waals surface area contributed by atoms with Crippen molar-refractivity contribution in [2.75, 3.05) is 46.8 Å².